The molecule has 2 aliphatic rings. The van der Waals surface area contributed by atoms with Crippen LogP contribution >= 0.6 is 0 Å². The number of ether oxygens (including phenoxy) is 2. The molecule has 7 heteroatoms. The minimum atomic E-state index is -0.670. The van der Waals surface area contributed by atoms with Crippen LogP contribution in [0.15, 0.2) is 10.9 Å². The molecule has 1 aromatic rings. The molecule has 0 aromatic carbocycles. The van der Waals surface area contributed by atoms with Crippen LogP contribution in [0.2, 0.25) is 0 Å². The molecule has 0 radical (unpaired) electrons. The van der Waals surface area contributed by atoms with E-state index in [9.17, 15) is 9.59 Å². The van der Waals surface area contributed by atoms with Gasteiger partial charge in [0.05, 0.1) is 18.9 Å². The Balaban J connectivity index is 1.83. The summed E-state index contributed by atoms with van der Waals surface area (Å²) in [6.45, 7) is 6.81. The minimum absolute atomic E-state index is 0.208. The third-order valence-corrected chi connectivity index (χ3v) is 5.47. The van der Waals surface area contributed by atoms with Crippen LogP contribution in [0, 0.1) is 5.92 Å². The molecule has 0 N–H and O–H groups in total. The normalized spacial score (nSPS) is 19.1. The highest BCUT2D eigenvalue weighted by Gasteiger charge is 2.32. The van der Waals surface area contributed by atoms with Gasteiger partial charge in [0, 0.05) is 39.2 Å². The number of rotatable bonds is 9. The van der Waals surface area contributed by atoms with E-state index in [4.69, 9.17) is 9.47 Å². The highest BCUT2D eigenvalue weighted by Crippen LogP contribution is 2.41. The lowest BCUT2D eigenvalue weighted by Crippen LogP contribution is -2.52. The van der Waals surface area contributed by atoms with Crippen molar-refractivity contribution >= 4 is 5.97 Å². The van der Waals surface area contributed by atoms with Crippen molar-refractivity contribution in [2.24, 2.45) is 5.92 Å². The van der Waals surface area contributed by atoms with Crippen LogP contribution < -0.4 is 5.56 Å². The van der Waals surface area contributed by atoms with E-state index in [0.717, 1.165) is 50.2 Å². The fraction of sp³-hybridized carbons (Fsp3) is 0.750. The lowest BCUT2D eigenvalue weighted by Gasteiger charge is -2.38. The van der Waals surface area contributed by atoms with Crippen LogP contribution in [-0.4, -0.2) is 60.6 Å². The van der Waals surface area contributed by atoms with Crippen molar-refractivity contribution in [3.8, 4) is 0 Å². The monoisotopic (exact) mass is 377 g/mol. The van der Waals surface area contributed by atoms with Gasteiger partial charge in [-0.1, -0.05) is 13.8 Å². The molecule has 2 heterocycles. The number of aromatic nitrogens is 2. The second kappa shape index (κ2) is 8.52. The standard InChI is InChI=1S/C20H31N3O4/c1-13(2)9-18(20(25)27-4)23-19(24)10-16(14-5-6-14)17(21-23)7-8-22-11-15(12-22)26-3/h10,13-15,18H,5-9,11-12H2,1-4H3/t18-/m0/s1. The zero-order valence-electron chi connectivity index (χ0n) is 16.8. The van der Waals surface area contributed by atoms with Gasteiger partial charge < -0.3 is 9.47 Å². The fourth-order valence-corrected chi connectivity index (χ4v) is 3.68. The molecule has 7 nitrogen and oxygen atoms in total. The predicted octanol–water partition coefficient (Wildman–Crippen LogP) is 1.75. The smallest absolute Gasteiger partial charge is 0.330 e. The van der Waals surface area contributed by atoms with Crippen LogP contribution in [0.4, 0.5) is 0 Å². The van der Waals surface area contributed by atoms with E-state index in [1.54, 1.807) is 13.2 Å². The number of carbonyl (C=O) groups is 1. The maximum atomic E-state index is 12.7. The summed E-state index contributed by atoms with van der Waals surface area (Å²) in [5.74, 6) is 0.287. The van der Waals surface area contributed by atoms with Crippen LogP contribution in [0.5, 0.6) is 0 Å². The van der Waals surface area contributed by atoms with Crippen molar-refractivity contribution in [2.75, 3.05) is 33.9 Å². The Morgan fingerprint density at radius 1 is 1.30 bits per heavy atom. The van der Waals surface area contributed by atoms with Crippen LogP contribution in [0.25, 0.3) is 0 Å². The molecule has 1 aromatic heterocycles. The average Bonchev–Trinajstić information content (AvgIpc) is 3.43. The Labute approximate surface area is 160 Å². The van der Waals surface area contributed by atoms with Crippen LogP contribution in [-0.2, 0) is 20.7 Å². The van der Waals surface area contributed by atoms with E-state index in [2.05, 4.69) is 10.00 Å². The summed E-state index contributed by atoms with van der Waals surface area (Å²) in [7, 11) is 3.10. The van der Waals surface area contributed by atoms with Gasteiger partial charge in [-0.15, -0.1) is 0 Å². The zero-order chi connectivity index (χ0) is 19.6. The van der Waals surface area contributed by atoms with Gasteiger partial charge in [-0.2, -0.15) is 5.10 Å². The van der Waals surface area contributed by atoms with Gasteiger partial charge in [-0.3, -0.25) is 9.69 Å². The van der Waals surface area contributed by atoms with Crippen molar-refractivity contribution in [3.05, 3.63) is 27.7 Å². The number of esters is 1. The lowest BCUT2D eigenvalue weighted by molar-refractivity contribution is -0.145. The average molecular weight is 377 g/mol. The molecule has 1 aliphatic carbocycles. The summed E-state index contributed by atoms with van der Waals surface area (Å²) in [6.07, 6.45) is 3.85. The van der Waals surface area contributed by atoms with Gasteiger partial charge in [-0.25, -0.2) is 9.48 Å². The number of methoxy groups -OCH3 is 2. The maximum Gasteiger partial charge on any atom is 0.330 e. The summed E-state index contributed by atoms with van der Waals surface area (Å²) in [5.41, 5.74) is 1.80. The molecular weight excluding hydrogens is 346 g/mol. The molecule has 1 atom stereocenters. The van der Waals surface area contributed by atoms with Crippen molar-refractivity contribution in [3.63, 3.8) is 0 Å². The highest BCUT2D eigenvalue weighted by molar-refractivity contribution is 5.73. The van der Waals surface area contributed by atoms with Crippen LogP contribution in [0.1, 0.15) is 56.3 Å². The molecule has 1 saturated heterocycles. The second-order valence-electron chi connectivity index (χ2n) is 8.14. The zero-order valence-corrected chi connectivity index (χ0v) is 16.8. The Bertz CT molecular complexity index is 720. The summed E-state index contributed by atoms with van der Waals surface area (Å²) in [6, 6.07) is 1.03. The Hall–Kier alpha value is -1.73. The van der Waals surface area contributed by atoms with Crippen molar-refractivity contribution in [1.82, 2.24) is 14.7 Å². The van der Waals surface area contributed by atoms with E-state index in [0.29, 0.717) is 18.4 Å². The van der Waals surface area contributed by atoms with E-state index in [1.807, 2.05) is 13.8 Å². The third kappa shape index (κ3) is 4.76. The molecule has 0 unspecified atom stereocenters. The van der Waals surface area contributed by atoms with Gasteiger partial charge in [0.25, 0.3) is 5.56 Å². The van der Waals surface area contributed by atoms with E-state index in [-0.39, 0.29) is 11.5 Å². The fourth-order valence-electron chi connectivity index (χ4n) is 3.68. The predicted molar refractivity (Wildman–Crippen MR) is 102 cm³/mol. The second-order valence-corrected chi connectivity index (χ2v) is 8.14. The largest absolute Gasteiger partial charge is 0.467 e. The minimum Gasteiger partial charge on any atom is -0.467 e. The van der Waals surface area contributed by atoms with Gasteiger partial charge in [-0.05, 0) is 36.7 Å². The lowest BCUT2D eigenvalue weighted by atomic mass is 10.0. The Morgan fingerprint density at radius 2 is 2.00 bits per heavy atom. The van der Waals surface area contributed by atoms with E-state index < -0.39 is 12.0 Å². The first-order chi connectivity index (χ1) is 12.9. The Morgan fingerprint density at radius 3 is 2.56 bits per heavy atom. The molecule has 3 rings (SSSR count). The van der Waals surface area contributed by atoms with E-state index in [1.165, 1.54) is 11.8 Å². The summed E-state index contributed by atoms with van der Waals surface area (Å²) < 4.78 is 11.6. The SMILES string of the molecule is COC(=O)[C@H](CC(C)C)n1nc(CCN2CC(OC)C2)c(C2CC2)cc1=O. The molecule has 0 spiro atoms. The topological polar surface area (TPSA) is 73.7 Å². The third-order valence-electron chi connectivity index (χ3n) is 5.47. The summed E-state index contributed by atoms with van der Waals surface area (Å²) in [4.78, 5) is 27.3. The molecule has 2 fully saturated rings. The molecule has 0 bridgehead atoms. The molecule has 1 saturated carbocycles. The van der Waals surface area contributed by atoms with Gasteiger partial charge >= 0.3 is 5.97 Å². The summed E-state index contributed by atoms with van der Waals surface area (Å²) >= 11 is 0. The quantitative estimate of drug-likeness (QED) is 0.611. The van der Waals surface area contributed by atoms with Gasteiger partial charge in [0.2, 0.25) is 0 Å². The summed E-state index contributed by atoms with van der Waals surface area (Å²) in [5, 5.41) is 4.67. The number of likely N-dealkylation sites (tertiary alicyclic amines) is 1. The maximum absolute atomic E-state index is 12.7. The van der Waals surface area contributed by atoms with Gasteiger partial charge in [0.1, 0.15) is 0 Å². The molecular formula is C20H31N3O4. The van der Waals surface area contributed by atoms with Crippen LogP contribution in [0.3, 0.4) is 0 Å². The molecule has 1 aliphatic heterocycles. The first-order valence-electron chi connectivity index (χ1n) is 9.88. The van der Waals surface area contributed by atoms with Gasteiger partial charge in [0.15, 0.2) is 6.04 Å². The molecule has 27 heavy (non-hydrogen) atoms. The number of hydrogen-bond acceptors (Lipinski definition) is 6. The van der Waals surface area contributed by atoms with Crippen molar-refractivity contribution in [1.29, 1.82) is 0 Å². The first kappa shape index (κ1) is 20.0. The van der Waals surface area contributed by atoms with Crippen molar-refractivity contribution in [2.45, 2.75) is 57.6 Å². The molecule has 150 valence electrons. The number of nitrogens with zero attached hydrogens (tertiary/aromatic N) is 3. The highest BCUT2D eigenvalue weighted by atomic mass is 16.5. The number of hydrogen-bond donors (Lipinski definition) is 0. The van der Waals surface area contributed by atoms with Crippen molar-refractivity contribution < 1.29 is 14.3 Å². The molecule has 0 amide bonds. The Kier molecular flexibility index (Phi) is 6.32. The first-order valence-corrected chi connectivity index (χ1v) is 9.88. The number of carbonyl (C=O) groups excluding carboxylic acids is 1. The van der Waals surface area contributed by atoms with E-state index >= 15 is 0 Å².